The topological polar surface area (TPSA) is 100 Å². The van der Waals surface area contributed by atoms with Gasteiger partial charge in [0.15, 0.2) is 0 Å². The average Bonchev–Trinajstić information content (AvgIpc) is 3.35. The molecule has 9 heteroatoms. The van der Waals surface area contributed by atoms with Crippen molar-refractivity contribution >= 4 is 23.2 Å². The number of amides is 2. The Bertz CT molecular complexity index is 863. The Balaban J connectivity index is 1.42. The molecule has 150 valence electrons. The van der Waals surface area contributed by atoms with E-state index in [4.69, 9.17) is 4.74 Å². The molecule has 0 saturated heterocycles. The molecule has 0 bridgehead atoms. The van der Waals surface area contributed by atoms with E-state index in [1.54, 1.807) is 18.7 Å². The fraction of sp³-hybridized carbons (Fsp3) is 0.579. The third-order valence-electron chi connectivity index (χ3n) is 5.72. The van der Waals surface area contributed by atoms with Crippen LogP contribution in [0.4, 0.5) is 0 Å². The molecule has 4 rings (SSSR count). The van der Waals surface area contributed by atoms with Gasteiger partial charge >= 0.3 is 0 Å². The average molecular weight is 404 g/mol. The molecule has 8 nitrogen and oxygen atoms in total. The largest absolute Gasteiger partial charge is 0.379 e. The van der Waals surface area contributed by atoms with Crippen molar-refractivity contribution in [3.05, 3.63) is 33.5 Å². The monoisotopic (exact) mass is 403 g/mol. The number of fused-ring (bicyclic) bond motifs is 1. The van der Waals surface area contributed by atoms with Crippen LogP contribution in [0.2, 0.25) is 0 Å². The zero-order valence-electron chi connectivity index (χ0n) is 16.1. The van der Waals surface area contributed by atoms with Gasteiger partial charge in [0.25, 0.3) is 5.91 Å². The highest BCUT2D eigenvalue weighted by molar-refractivity contribution is 7.09. The maximum Gasteiger partial charge on any atom is 0.271 e. The lowest BCUT2D eigenvalue weighted by Gasteiger charge is -2.37. The Kier molecular flexibility index (Phi) is 5.45. The Labute approximate surface area is 167 Å². The summed E-state index contributed by atoms with van der Waals surface area (Å²) in [4.78, 5) is 31.8. The molecule has 3 atom stereocenters. The summed E-state index contributed by atoms with van der Waals surface area (Å²) < 4.78 is 5.59. The number of methoxy groups -OCH3 is 1. The first-order chi connectivity index (χ1) is 13.5. The Hall–Kier alpha value is -2.26. The molecule has 1 aliphatic heterocycles. The van der Waals surface area contributed by atoms with E-state index in [1.807, 2.05) is 11.8 Å². The van der Waals surface area contributed by atoms with E-state index in [0.29, 0.717) is 25.2 Å². The lowest BCUT2D eigenvalue weighted by Crippen LogP contribution is -2.51. The zero-order chi connectivity index (χ0) is 19.7. The molecule has 2 aromatic rings. The molecule has 0 aromatic carbocycles. The minimum atomic E-state index is -0.203. The van der Waals surface area contributed by atoms with Gasteiger partial charge in [-0.1, -0.05) is 0 Å². The van der Waals surface area contributed by atoms with Crippen LogP contribution in [0.1, 0.15) is 46.0 Å². The highest BCUT2D eigenvalue weighted by Gasteiger charge is 2.37. The van der Waals surface area contributed by atoms with E-state index in [9.17, 15) is 9.59 Å². The predicted octanol–water partition coefficient (Wildman–Crippen LogP) is 1.67. The van der Waals surface area contributed by atoms with Crippen molar-refractivity contribution in [1.82, 2.24) is 25.4 Å². The fourth-order valence-electron chi connectivity index (χ4n) is 4.18. The second-order valence-electron chi connectivity index (χ2n) is 7.50. The van der Waals surface area contributed by atoms with Crippen molar-refractivity contribution in [3.63, 3.8) is 0 Å². The SMILES string of the molecule is CO[C@@H]1CC[C@H](C(=O)N2CCc3[nH]ncc3C2)C[C@H]1NC(=O)c1csc(C)n1. The van der Waals surface area contributed by atoms with Gasteiger partial charge in [0.05, 0.1) is 23.4 Å². The van der Waals surface area contributed by atoms with Gasteiger partial charge in [-0.3, -0.25) is 14.7 Å². The van der Waals surface area contributed by atoms with Crippen LogP contribution in [0.3, 0.4) is 0 Å². The summed E-state index contributed by atoms with van der Waals surface area (Å²) in [7, 11) is 1.66. The van der Waals surface area contributed by atoms with Gasteiger partial charge in [0.2, 0.25) is 5.91 Å². The van der Waals surface area contributed by atoms with Gasteiger partial charge in [-0.15, -0.1) is 11.3 Å². The number of H-pyrrole nitrogens is 1. The van der Waals surface area contributed by atoms with E-state index < -0.39 is 0 Å². The van der Waals surface area contributed by atoms with Gasteiger partial charge in [0, 0.05) is 49.2 Å². The molecule has 2 aliphatic rings. The second-order valence-corrected chi connectivity index (χ2v) is 8.56. The van der Waals surface area contributed by atoms with Gasteiger partial charge in [0.1, 0.15) is 5.69 Å². The molecular formula is C19H25N5O3S. The molecule has 1 fully saturated rings. The molecule has 2 amide bonds. The quantitative estimate of drug-likeness (QED) is 0.809. The Morgan fingerprint density at radius 3 is 3.00 bits per heavy atom. The number of nitrogens with zero attached hydrogens (tertiary/aromatic N) is 3. The van der Waals surface area contributed by atoms with Crippen LogP contribution < -0.4 is 5.32 Å². The Morgan fingerprint density at radius 2 is 2.25 bits per heavy atom. The van der Waals surface area contributed by atoms with E-state index in [0.717, 1.165) is 35.5 Å². The minimum Gasteiger partial charge on any atom is -0.379 e. The standard InChI is InChI=1S/C19H25N5O3S/c1-11-21-16(10-28-11)18(25)22-15-7-12(3-4-17(15)27-2)19(26)24-6-5-14-13(9-24)8-20-23-14/h8,10,12,15,17H,3-7,9H2,1-2H3,(H,20,23)(H,22,25)/t12-,15+,17+/m0/s1. The van der Waals surface area contributed by atoms with Crippen molar-refractivity contribution in [1.29, 1.82) is 0 Å². The molecule has 2 N–H and O–H groups in total. The number of ether oxygens (including phenoxy) is 1. The molecular weight excluding hydrogens is 378 g/mol. The molecule has 0 unspecified atom stereocenters. The number of carbonyl (C=O) groups is 2. The summed E-state index contributed by atoms with van der Waals surface area (Å²) in [5.74, 6) is -0.155. The third-order valence-corrected chi connectivity index (χ3v) is 6.49. The van der Waals surface area contributed by atoms with Crippen molar-refractivity contribution < 1.29 is 14.3 Å². The van der Waals surface area contributed by atoms with Gasteiger partial charge in [-0.2, -0.15) is 5.10 Å². The van der Waals surface area contributed by atoms with Crippen molar-refractivity contribution in [2.75, 3.05) is 13.7 Å². The van der Waals surface area contributed by atoms with Crippen LogP contribution in [0.25, 0.3) is 0 Å². The molecule has 2 aromatic heterocycles. The molecule has 0 radical (unpaired) electrons. The maximum atomic E-state index is 13.1. The van der Waals surface area contributed by atoms with Crippen LogP contribution in [-0.4, -0.2) is 57.7 Å². The smallest absolute Gasteiger partial charge is 0.271 e. The van der Waals surface area contributed by atoms with E-state index in [-0.39, 0.29) is 29.9 Å². The van der Waals surface area contributed by atoms with Crippen LogP contribution in [0.5, 0.6) is 0 Å². The van der Waals surface area contributed by atoms with Gasteiger partial charge < -0.3 is 15.0 Å². The summed E-state index contributed by atoms with van der Waals surface area (Å²) in [5, 5.41) is 12.7. The fourth-order valence-corrected chi connectivity index (χ4v) is 4.77. The van der Waals surface area contributed by atoms with Crippen molar-refractivity contribution in [2.24, 2.45) is 5.92 Å². The van der Waals surface area contributed by atoms with E-state index >= 15 is 0 Å². The number of carbonyl (C=O) groups excluding carboxylic acids is 2. The van der Waals surface area contributed by atoms with Crippen molar-refractivity contribution in [3.8, 4) is 0 Å². The maximum absolute atomic E-state index is 13.1. The van der Waals surface area contributed by atoms with Crippen LogP contribution in [0.15, 0.2) is 11.6 Å². The highest BCUT2D eigenvalue weighted by Crippen LogP contribution is 2.30. The normalized spacial score (nSPS) is 24.6. The number of aromatic nitrogens is 3. The van der Waals surface area contributed by atoms with Gasteiger partial charge in [-0.25, -0.2) is 4.98 Å². The number of nitrogens with one attached hydrogen (secondary N) is 2. The number of aryl methyl sites for hydroxylation is 1. The Morgan fingerprint density at radius 1 is 1.39 bits per heavy atom. The first-order valence-electron chi connectivity index (χ1n) is 9.61. The third kappa shape index (κ3) is 3.81. The van der Waals surface area contributed by atoms with Crippen LogP contribution in [-0.2, 0) is 22.5 Å². The highest BCUT2D eigenvalue weighted by atomic mass is 32.1. The van der Waals surface area contributed by atoms with Crippen LogP contribution in [0, 0.1) is 12.8 Å². The summed E-state index contributed by atoms with van der Waals surface area (Å²) in [6, 6.07) is -0.198. The second kappa shape index (κ2) is 8.00. The molecule has 3 heterocycles. The number of aromatic amines is 1. The number of rotatable bonds is 4. The zero-order valence-corrected chi connectivity index (χ0v) is 16.9. The minimum absolute atomic E-state index is 0.0884. The summed E-state index contributed by atoms with van der Waals surface area (Å²) in [6.45, 7) is 3.18. The van der Waals surface area contributed by atoms with E-state index in [2.05, 4.69) is 20.5 Å². The number of hydrogen-bond donors (Lipinski definition) is 2. The first kappa shape index (κ1) is 19.1. The summed E-state index contributed by atoms with van der Waals surface area (Å²) in [6.07, 6.45) is 4.62. The predicted molar refractivity (Wildman–Crippen MR) is 104 cm³/mol. The van der Waals surface area contributed by atoms with E-state index in [1.165, 1.54) is 11.3 Å². The molecule has 1 saturated carbocycles. The van der Waals surface area contributed by atoms with Crippen LogP contribution >= 0.6 is 11.3 Å². The summed E-state index contributed by atoms with van der Waals surface area (Å²) >= 11 is 1.45. The van der Waals surface area contributed by atoms with Crippen molar-refractivity contribution in [2.45, 2.75) is 51.3 Å². The lowest BCUT2D eigenvalue weighted by atomic mass is 9.82. The number of thiazole rings is 1. The lowest BCUT2D eigenvalue weighted by molar-refractivity contribution is -0.139. The number of hydrogen-bond acceptors (Lipinski definition) is 6. The van der Waals surface area contributed by atoms with Gasteiger partial charge in [-0.05, 0) is 26.2 Å². The molecule has 28 heavy (non-hydrogen) atoms. The molecule has 1 aliphatic carbocycles. The molecule has 0 spiro atoms. The first-order valence-corrected chi connectivity index (χ1v) is 10.5. The summed E-state index contributed by atoms with van der Waals surface area (Å²) in [5.41, 5.74) is 2.64.